The molecule has 0 spiro atoms. The number of H-pyrrole nitrogens is 1. The van der Waals surface area contributed by atoms with E-state index in [9.17, 15) is 24.4 Å². The Hall–Kier alpha value is -4.92. The first-order valence-corrected chi connectivity index (χ1v) is 21.2. The van der Waals surface area contributed by atoms with Crippen molar-refractivity contribution in [1.82, 2.24) is 20.5 Å². The summed E-state index contributed by atoms with van der Waals surface area (Å²) in [7, 11) is 0. The SMILES string of the molecule is CCc1cc2c(cc1N1CCC(NCCCCCCSc3cccc4c3CN(C3CCC(=O)NC3=O)C4=O)CC1)C(C)(C)c1[nH]c3cc(C#N)ccc3c1C2=O. The lowest BCUT2D eigenvalue weighted by Crippen LogP contribution is -2.52. The molecule has 4 aromatic rings. The molecule has 290 valence electrons. The first-order valence-electron chi connectivity index (χ1n) is 20.2. The molecule has 10 nitrogen and oxygen atoms in total. The number of aromatic amines is 1. The van der Waals surface area contributed by atoms with Crippen molar-refractivity contribution in [1.29, 1.82) is 5.26 Å². The van der Waals surface area contributed by atoms with Crippen molar-refractivity contribution in [2.45, 2.75) is 107 Å². The minimum atomic E-state index is -0.589. The Morgan fingerprint density at radius 2 is 1.77 bits per heavy atom. The average Bonchev–Trinajstić information content (AvgIpc) is 3.76. The van der Waals surface area contributed by atoms with Gasteiger partial charge in [-0.25, -0.2) is 0 Å². The van der Waals surface area contributed by atoms with Crippen molar-refractivity contribution in [2.24, 2.45) is 0 Å². The highest BCUT2D eigenvalue weighted by atomic mass is 32.2. The van der Waals surface area contributed by atoms with E-state index in [0.29, 0.717) is 30.1 Å². The Balaban J connectivity index is 0.796. The van der Waals surface area contributed by atoms with Crippen LogP contribution in [0.1, 0.15) is 126 Å². The summed E-state index contributed by atoms with van der Waals surface area (Å²) in [4.78, 5) is 60.1. The van der Waals surface area contributed by atoms with E-state index in [0.717, 1.165) is 108 Å². The predicted molar refractivity (Wildman–Crippen MR) is 219 cm³/mol. The van der Waals surface area contributed by atoms with Gasteiger partial charge in [0.05, 0.1) is 17.2 Å². The van der Waals surface area contributed by atoms with Crippen molar-refractivity contribution in [3.8, 4) is 6.07 Å². The van der Waals surface area contributed by atoms with Crippen LogP contribution in [0.2, 0.25) is 0 Å². The Labute approximate surface area is 332 Å². The minimum Gasteiger partial charge on any atom is -0.371 e. The summed E-state index contributed by atoms with van der Waals surface area (Å²) in [6, 6.07) is 17.9. The summed E-state index contributed by atoms with van der Waals surface area (Å²) in [5.74, 6) is 0.273. The monoisotopic (exact) mass is 770 g/mol. The molecule has 1 unspecified atom stereocenters. The predicted octanol–water partition coefficient (Wildman–Crippen LogP) is 7.14. The van der Waals surface area contributed by atoms with E-state index < -0.39 is 11.5 Å². The van der Waals surface area contributed by atoms with Crippen LogP contribution >= 0.6 is 11.8 Å². The van der Waals surface area contributed by atoms with Crippen LogP contribution in [0, 0.1) is 11.3 Å². The van der Waals surface area contributed by atoms with E-state index in [1.807, 2.05) is 24.3 Å². The molecule has 4 aliphatic rings. The number of amides is 3. The van der Waals surface area contributed by atoms with Crippen LogP contribution in [0.5, 0.6) is 0 Å². The van der Waals surface area contributed by atoms with Gasteiger partial charge in [-0.15, -0.1) is 11.8 Å². The summed E-state index contributed by atoms with van der Waals surface area (Å²) in [5.41, 5.74) is 8.66. The molecular weight excluding hydrogens is 721 g/mol. The van der Waals surface area contributed by atoms with Crippen LogP contribution in [0.4, 0.5) is 5.69 Å². The topological polar surface area (TPSA) is 138 Å². The van der Waals surface area contributed by atoms with E-state index in [4.69, 9.17) is 0 Å². The van der Waals surface area contributed by atoms with Gasteiger partial charge in [-0.2, -0.15) is 5.26 Å². The van der Waals surface area contributed by atoms with E-state index >= 15 is 0 Å². The van der Waals surface area contributed by atoms with Crippen LogP contribution in [-0.2, 0) is 28.0 Å². The van der Waals surface area contributed by atoms with Crippen molar-refractivity contribution >= 4 is 51.9 Å². The maximum atomic E-state index is 14.1. The second kappa shape index (κ2) is 15.5. The Morgan fingerprint density at radius 1 is 0.964 bits per heavy atom. The number of ketones is 1. The molecular formula is C45H50N6O4S. The molecule has 8 rings (SSSR count). The highest BCUT2D eigenvalue weighted by molar-refractivity contribution is 7.99. The first kappa shape index (κ1) is 38.0. The summed E-state index contributed by atoms with van der Waals surface area (Å²) in [5, 5.41) is 16.5. The third-order valence-electron chi connectivity index (χ3n) is 12.4. The third kappa shape index (κ3) is 6.92. The largest absolute Gasteiger partial charge is 0.371 e. The van der Waals surface area contributed by atoms with E-state index in [-0.39, 0.29) is 29.9 Å². The number of nitrogens with zero attached hydrogens (tertiary/aromatic N) is 3. The second-order valence-electron chi connectivity index (χ2n) is 16.2. The number of carbonyl (C=O) groups excluding carboxylic acids is 4. The number of nitriles is 1. The average molecular weight is 771 g/mol. The molecule has 3 N–H and O–H groups in total. The second-order valence-corrected chi connectivity index (χ2v) is 17.4. The molecule has 1 aliphatic carbocycles. The number of piperidine rings is 2. The molecule has 56 heavy (non-hydrogen) atoms. The molecule has 3 aromatic carbocycles. The number of aryl methyl sites for hydroxylation is 1. The van der Waals surface area contributed by atoms with Gasteiger partial charge in [-0.3, -0.25) is 24.5 Å². The van der Waals surface area contributed by atoms with Gasteiger partial charge < -0.3 is 20.1 Å². The van der Waals surface area contributed by atoms with E-state index in [1.165, 1.54) is 17.7 Å². The Kier molecular flexibility index (Phi) is 10.5. The molecule has 2 saturated heterocycles. The Bertz CT molecular complexity index is 2280. The quantitative estimate of drug-likeness (QED) is 0.0786. The number of hydrogen-bond acceptors (Lipinski definition) is 8. The number of anilines is 1. The number of thioether (sulfide) groups is 1. The normalized spacial score (nSPS) is 19.2. The van der Waals surface area contributed by atoms with Gasteiger partial charge in [0.25, 0.3) is 5.91 Å². The standard InChI is InChI=1S/C45H50N6O4S/c1-4-28-23-32-34(45(2,3)42-40(41(32)53)31-13-12-27(25-46)22-35(31)48-42)24-37(28)50-19-16-29(17-20-50)47-18-7-5-6-8-21-56-38-11-9-10-30-33(38)26-51(44(30)55)36-14-15-39(52)49-43(36)54/h9-13,22-24,29,36,47-48H,4-8,14-21,26H2,1-3H3,(H,49,52,54). The number of benzene rings is 3. The van der Waals surface area contributed by atoms with Crippen LogP contribution in [0.3, 0.4) is 0 Å². The van der Waals surface area contributed by atoms with Gasteiger partial charge in [-0.05, 0) is 104 Å². The third-order valence-corrected chi connectivity index (χ3v) is 13.6. The summed E-state index contributed by atoms with van der Waals surface area (Å²) in [6.07, 6.45) is 8.22. The molecule has 3 amide bonds. The summed E-state index contributed by atoms with van der Waals surface area (Å²) in [6.45, 7) is 9.94. The zero-order valence-electron chi connectivity index (χ0n) is 32.6. The molecule has 1 atom stereocenters. The molecule has 1 aromatic heterocycles. The molecule has 4 heterocycles. The van der Waals surface area contributed by atoms with Gasteiger partial charge in [0.1, 0.15) is 6.04 Å². The summed E-state index contributed by atoms with van der Waals surface area (Å²) < 4.78 is 0. The van der Waals surface area contributed by atoms with Crippen molar-refractivity contribution in [2.75, 3.05) is 30.3 Å². The number of imide groups is 1. The zero-order valence-corrected chi connectivity index (χ0v) is 33.4. The lowest BCUT2D eigenvalue weighted by Gasteiger charge is -2.38. The molecule has 0 bridgehead atoms. The lowest BCUT2D eigenvalue weighted by atomic mass is 9.70. The van der Waals surface area contributed by atoms with E-state index in [2.05, 4.69) is 65.6 Å². The van der Waals surface area contributed by atoms with Crippen LogP contribution in [-0.4, -0.2) is 70.9 Å². The van der Waals surface area contributed by atoms with Crippen LogP contribution in [0.25, 0.3) is 10.9 Å². The maximum Gasteiger partial charge on any atom is 0.255 e. The number of unbranched alkanes of at least 4 members (excludes halogenated alkanes) is 3. The fraction of sp³-hybridized carbons (Fsp3) is 0.444. The number of aromatic nitrogens is 1. The highest BCUT2D eigenvalue weighted by Gasteiger charge is 2.42. The molecule has 0 saturated carbocycles. The van der Waals surface area contributed by atoms with Crippen LogP contribution in [0.15, 0.2) is 53.4 Å². The van der Waals surface area contributed by atoms with E-state index in [1.54, 1.807) is 22.7 Å². The smallest absolute Gasteiger partial charge is 0.255 e. The number of fused-ring (bicyclic) bond motifs is 5. The van der Waals surface area contributed by atoms with Crippen molar-refractivity contribution in [3.05, 3.63) is 93.2 Å². The number of hydrogen-bond donors (Lipinski definition) is 3. The molecule has 0 radical (unpaired) electrons. The van der Waals surface area contributed by atoms with Gasteiger partial charge in [0, 0.05) is 75.8 Å². The molecule has 2 fully saturated rings. The van der Waals surface area contributed by atoms with Gasteiger partial charge in [-0.1, -0.05) is 45.7 Å². The van der Waals surface area contributed by atoms with Gasteiger partial charge >= 0.3 is 0 Å². The van der Waals surface area contributed by atoms with Gasteiger partial charge in [0.15, 0.2) is 5.78 Å². The van der Waals surface area contributed by atoms with Gasteiger partial charge in [0.2, 0.25) is 11.8 Å². The maximum absolute atomic E-state index is 14.1. The molecule has 11 heteroatoms. The number of rotatable bonds is 12. The number of carbonyl (C=O) groups is 4. The lowest BCUT2D eigenvalue weighted by molar-refractivity contribution is -0.136. The number of nitrogens with one attached hydrogen (secondary N) is 3. The van der Waals surface area contributed by atoms with Crippen LogP contribution < -0.4 is 15.5 Å². The van der Waals surface area contributed by atoms with Crippen molar-refractivity contribution < 1.29 is 19.2 Å². The summed E-state index contributed by atoms with van der Waals surface area (Å²) >= 11 is 1.79. The first-order chi connectivity index (χ1) is 27.1. The zero-order chi connectivity index (χ0) is 39.1. The highest BCUT2D eigenvalue weighted by Crippen LogP contribution is 2.46. The molecule has 3 aliphatic heterocycles. The van der Waals surface area contributed by atoms with Crippen molar-refractivity contribution in [3.63, 3.8) is 0 Å². The minimum absolute atomic E-state index is 0.0605. The fourth-order valence-electron chi connectivity index (χ4n) is 9.24. The fourth-order valence-corrected chi connectivity index (χ4v) is 10.3. The Morgan fingerprint density at radius 3 is 2.54 bits per heavy atom.